The van der Waals surface area contributed by atoms with Crippen LogP contribution in [0.15, 0.2) is 54.9 Å². The van der Waals surface area contributed by atoms with E-state index < -0.39 is 5.41 Å². The van der Waals surface area contributed by atoms with Gasteiger partial charge in [0.15, 0.2) is 0 Å². The summed E-state index contributed by atoms with van der Waals surface area (Å²) < 4.78 is 5.62. The van der Waals surface area contributed by atoms with Crippen LogP contribution in [0.25, 0.3) is 11.1 Å². The van der Waals surface area contributed by atoms with E-state index in [2.05, 4.69) is 15.3 Å². The molecule has 2 amide bonds. The van der Waals surface area contributed by atoms with Gasteiger partial charge in [-0.2, -0.15) is 0 Å². The van der Waals surface area contributed by atoms with E-state index in [1.807, 2.05) is 24.3 Å². The van der Waals surface area contributed by atoms with Crippen LogP contribution in [0.5, 0.6) is 5.88 Å². The highest BCUT2D eigenvalue weighted by Crippen LogP contribution is 2.35. The Morgan fingerprint density at radius 1 is 1.09 bits per heavy atom. The summed E-state index contributed by atoms with van der Waals surface area (Å²) in [7, 11) is 3.45. The topological polar surface area (TPSA) is 108 Å². The van der Waals surface area contributed by atoms with Crippen molar-refractivity contribution in [2.75, 3.05) is 44.1 Å². The van der Waals surface area contributed by atoms with Gasteiger partial charge >= 0.3 is 0 Å². The number of anilines is 3. The number of nitrogens with one attached hydrogen (secondary N) is 1. The molecular formula is C26H29N5O4. The van der Waals surface area contributed by atoms with Gasteiger partial charge in [-0.25, -0.2) is 9.97 Å². The standard InChI is InChI=1S/C26H29N5O4/c1-26(2,16-32)25(34)31-11-12-35-23-21(31)13-20(15-28-23)29-22-10-9-19(14-27-22)17-5-7-18(8-6-17)24(33)30(3)4/h5-10,13-15,32H,11-12,16H2,1-4H3,(H,27,29). The van der Waals surface area contributed by atoms with Crippen molar-refractivity contribution in [3.05, 3.63) is 60.4 Å². The minimum absolute atomic E-state index is 0.0431. The third kappa shape index (κ3) is 5.09. The normalized spacial score (nSPS) is 13.0. The molecule has 1 aliphatic rings. The number of carbonyl (C=O) groups is 2. The highest BCUT2D eigenvalue weighted by atomic mass is 16.5. The smallest absolute Gasteiger partial charge is 0.253 e. The minimum Gasteiger partial charge on any atom is -0.474 e. The maximum Gasteiger partial charge on any atom is 0.253 e. The fraction of sp³-hybridized carbons (Fsp3) is 0.308. The second-order valence-electron chi connectivity index (χ2n) is 9.23. The molecule has 1 aromatic carbocycles. The first kappa shape index (κ1) is 24.2. The van der Waals surface area contributed by atoms with Crippen LogP contribution in [0.1, 0.15) is 24.2 Å². The van der Waals surface area contributed by atoms with Gasteiger partial charge in [0, 0.05) is 31.4 Å². The van der Waals surface area contributed by atoms with Crippen LogP contribution in [0.2, 0.25) is 0 Å². The fourth-order valence-electron chi connectivity index (χ4n) is 3.66. The number of hydrogen-bond acceptors (Lipinski definition) is 7. The molecule has 0 unspecified atom stereocenters. The Morgan fingerprint density at radius 2 is 1.80 bits per heavy atom. The average molecular weight is 476 g/mol. The highest BCUT2D eigenvalue weighted by Gasteiger charge is 2.35. The van der Waals surface area contributed by atoms with Gasteiger partial charge in [0.1, 0.15) is 18.1 Å². The number of benzene rings is 1. The molecule has 9 heteroatoms. The van der Waals surface area contributed by atoms with Crippen molar-refractivity contribution in [2.24, 2.45) is 5.41 Å². The highest BCUT2D eigenvalue weighted by molar-refractivity contribution is 5.99. The van der Waals surface area contributed by atoms with Gasteiger partial charge in [-0.15, -0.1) is 0 Å². The van der Waals surface area contributed by atoms with E-state index in [0.717, 1.165) is 11.1 Å². The molecule has 3 aromatic rings. The Balaban J connectivity index is 1.51. The molecule has 2 aromatic heterocycles. The molecule has 0 saturated heterocycles. The van der Waals surface area contributed by atoms with Crippen molar-refractivity contribution >= 4 is 29.0 Å². The molecule has 35 heavy (non-hydrogen) atoms. The number of nitrogens with zero attached hydrogens (tertiary/aromatic N) is 4. The molecule has 0 bridgehead atoms. The number of aromatic nitrogens is 2. The molecule has 0 radical (unpaired) electrons. The first-order valence-corrected chi connectivity index (χ1v) is 11.3. The average Bonchev–Trinajstić information content (AvgIpc) is 2.88. The van der Waals surface area contributed by atoms with Crippen LogP contribution in [-0.4, -0.2) is 65.6 Å². The van der Waals surface area contributed by atoms with Crippen LogP contribution in [0.3, 0.4) is 0 Å². The van der Waals surface area contributed by atoms with Crippen LogP contribution >= 0.6 is 0 Å². The van der Waals surface area contributed by atoms with Gasteiger partial charge < -0.3 is 25.0 Å². The molecule has 4 rings (SSSR count). The number of amides is 2. The lowest BCUT2D eigenvalue weighted by molar-refractivity contribution is -0.128. The number of rotatable bonds is 6. The summed E-state index contributed by atoms with van der Waals surface area (Å²) in [5.41, 5.74) is 2.79. The maximum atomic E-state index is 13.0. The first-order valence-electron chi connectivity index (χ1n) is 11.3. The van der Waals surface area contributed by atoms with Gasteiger partial charge in [0.05, 0.1) is 30.5 Å². The van der Waals surface area contributed by atoms with Gasteiger partial charge in [-0.1, -0.05) is 12.1 Å². The second-order valence-corrected chi connectivity index (χ2v) is 9.23. The van der Waals surface area contributed by atoms with Crippen molar-refractivity contribution in [1.29, 1.82) is 0 Å². The van der Waals surface area contributed by atoms with Crippen LogP contribution < -0.4 is 15.0 Å². The third-order valence-corrected chi connectivity index (χ3v) is 5.80. The fourth-order valence-corrected chi connectivity index (χ4v) is 3.66. The Hall–Kier alpha value is -3.98. The number of pyridine rings is 2. The Morgan fingerprint density at radius 3 is 2.43 bits per heavy atom. The van der Waals surface area contributed by atoms with Crippen LogP contribution in [0, 0.1) is 5.41 Å². The van der Waals surface area contributed by atoms with E-state index in [9.17, 15) is 14.7 Å². The quantitative estimate of drug-likeness (QED) is 0.563. The summed E-state index contributed by atoms with van der Waals surface area (Å²) in [6.07, 6.45) is 3.37. The van der Waals surface area contributed by atoms with Gasteiger partial charge in [-0.05, 0) is 49.7 Å². The van der Waals surface area contributed by atoms with Crippen LogP contribution in [-0.2, 0) is 4.79 Å². The van der Waals surface area contributed by atoms with E-state index in [-0.39, 0.29) is 18.4 Å². The summed E-state index contributed by atoms with van der Waals surface area (Å²) in [5.74, 6) is 0.756. The Labute approximate surface area is 204 Å². The van der Waals surface area contributed by atoms with Crippen molar-refractivity contribution in [3.8, 4) is 17.0 Å². The summed E-state index contributed by atoms with van der Waals surface area (Å²) in [5, 5.41) is 12.8. The molecular weight excluding hydrogens is 446 g/mol. The van der Waals surface area contributed by atoms with E-state index in [0.29, 0.717) is 41.8 Å². The maximum absolute atomic E-state index is 13.0. The lowest BCUT2D eigenvalue weighted by atomic mass is 9.92. The number of carbonyl (C=O) groups excluding carboxylic acids is 2. The zero-order valence-electron chi connectivity index (χ0n) is 20.3. The van der Waals surface area contributed by atoms with Crippen molar-refractivity contribution < 1.29 is 19.4 Å². The zero-order chi connectivity index (χ0) is 25.2. The molecule has 0 saturated carbocycles. The molecule has 0 spiro atoms. The van der Waals surface area contributed by atoms with E-state index >= 15 is 0 Å². The minimum atomic E-state index is -0.909. The second kappa shape index (κ2) is 9.71. The molecule has 2 N–H and O–H groups in total. The molecule has 3 heterocycles. The van der Waals surface area contributed by atoms with Gasteiger partial charge in [0.2, 0.25) is 11.8 Å². The molecule has 1 aliphatic heterocycles. The largest absolute Gasteiger partial charge is 0.474 e. The monoisotopic (exact) mass is 475 g/mol. The predicted octanol–water partition coefficient (Wildman–Crippen LogP) is 3.33. The van der Waals surface area contributed by atoms with E-state index in [1.165, 1.54) is 0 Å². The molecule has 0 atom stereocenters. The number of fused-ring (bicyclic) bond motifs is 1. The molecule has 9 nitrogen and oxygen atoms in total. The molecule has 0 fully saturated rings. The number of ether oxygens (including phenoxy) is 1. The third-order valence-electron chi connectivity index (χ3n) is 5.80. The van der Waals surface area contributed by atoms with Gasteiger partial charge in [0.25, 0.3) is 5.91 Å². The first-order chi connectivity index (χ1) is 16.7. The van der Waals surface area contributed by atoms with Crippen molar-refractivity contribution in [3.63, 3.8) is 0 Å². The van der Waals surface area contributed by atoms with Gasteiger partial charge in [-0.3, -0.25) is 9.59 Å². The van der Waals surface area contributed by atoms with E-state index in [1.54, 1.807) is 68.3 Å². The number of aliphatic hydroxyl groups is 1. The predicted molar refractivity (Wildman–Crippen MR) is 134 cm³/mol. The van der Waals surface area contributed by atoms with Crippen molar-refractivity contribution in [2.45, 2.75) is 13.8 Å². The Bertz CT molecular complexity index is 1220. The van der Waals surface area contributed by atoms with Crippen molar-refractivity contribution in [1.82, 2.24) is 14.9 Å². The lowest BCUT2D eigenvalue weighted by Gasteiger charge is -2.34. The zero-order valence-corrected chi connectivity index (χ0v) is 20.3. The SMILES string of the molecule is CN(C)C(=O)c1ccc(-c2ccc(Nc3cnc4c(c3)N(C(=O)C(C)(C)CO)CCO4)nc2)cc1. The summed E-state index contributed by atoms with van der Waals surface area (Å²) in [6.45, 7) is 3.88. The summed E-state index contributed by atoms with van der Waals surface area (Å²) >= 11 is 0. The Kier molecular flexibility index (Phi) is 6.70. The lowest BCUT2D eigenvalue weighted by Crippen LogP contribution is -2.46. The number of aliphatic hydroxyl groups excluding tert-OH is 1. The van der Waals surface area contributed by atoms with E-state index in [4.69, 9.17) is 4.74 Å². The number of hydrogen-bond donors (Lipinski definition) is 2. The summed E-state index contributed by atoms with van der Waals surface area (Å²) in [4.78, 5) is 37.1. The molecule has 182 valence electrons. The molecule has 0 aliphatic carbocycles. The summed E-state index contributed by atoms with van der Waals surface area (Å²) in [6, 6.07) is 13.0. The van der Waals surface area contributed by atoms with Crippen LogP contribution in [0.4, 0.5) is 17.2 Å².